The van der Waals surface area contributed by atoms with Crippen LogP contribution in [-0.4, -0.2) is 28.9 Å². The molecule has 0 aliphatic carbocycles. The van der Waals surface area contributed by atoms with E-state index in [0.717, 1.165) is 16.9 Å². The Bertz CT molecular complexity index is 932. The number of amides is 2. The van der Waals surface area contributed by atoms with Gasteiger partial charge in [0, 0.05) is 23.6 Å². The molecule has 8 heteroatoms. The second-order valence-electron chi connectivity index (χ2n) is 5.60. The van der Waals surface area contributed by atoms with Crippen LogP contribution in [-0.2, 0) is 11.2 Å². The van der Waals surface area contributed by atoms with E-state index >= 15 is 0 Å². The van der Waals surface area contributed by atoms with E-state index in [4.69, 9.17) is 10.5 Å². The molecule has 0 bridgehead atoms. The van der Waals surface area contributed by atoms with Crippen molar-refractivity contribution in [3.05, 3.63) is 53.2 Å². The molecule has 0 atom stereocenters. The highest BCUT2D eigenvalue weighted by Gasteiger charge is 2.11. The molecule has 3 rings (SSSR count). The molecule has 134 valence electrons. The van der Waals surface area contributed by atoms with Gasteiger partial charge in [-0.3, -0.25) is 9.59 Å². The SMILES string of the molecule is COc1cccc(CCC(=O)Nc2nc(-c3c[nH]c(C(N)=O)c3)cs2)c1. The Morgan fingerprint density at radius 3 is 2.92 bits per heavy atom. The van der Waals surface area contributed by atoms with E-state index in [-0.39, 0.29) is 5.91 Å². The van der Waals surface area contributed by atoms with Gasteiger partial charge >= 0.3 is 0 Å². The fourth-order valence-corrected chi connectivity index (χ4v) is 3.15. The Hall–Kier alpha value is -3.13. The second kappa shape index (κ2) is 7.83. The van der Waals surface area contributed by atoms with Crippen molar-refractivity contribution in [1.29, 1.82) is 0 Å². The van der Waals surface area contributed by atoms with Crippen LogP contribution in [0.1, 0.15) is 22.5 Å². The van der Waals surface area contributed by atoms with E-state index in [1.807, 2.05) is 29.6 Å². The van der Waals surface area contributed by atoms with Crippen LogP contribution in [0, 0.1) is 0 Å². The van der Waals surface area contributed by atoms with Crippen molar-refractivity contribution in [2.24, 2.45) is 5.73 Å². The van der Waals surface area contributed by atoms with Gasteiger partial charge in [-0.1, -0.05) is 12.1 Å². The van der Waals surface area contributed by atoms with E-state index < -0.39 is 5.91 Å². The Morgan fingerprint density at radius 1 is 1.35 bits per heavy atom. The number of aromatic amines is 1. The largest absolute Gasteiger partial charge is 0.497 e. The third-order valence-electron chi connectivity index (χ3n) is 3.77. The van der Waals surface area contributed by atoms with Gasteiger partial charge < -0.3 is 20.8 Å². The number of carbonyl (C=O) groups excluding carboxylic acids is 2. The number of benzene rings is 1. The molecule has 3 aromatic rings. The van der Waals surface area contributed by atoms with Crippen molar-refractivity contribution in [2.75, 3.05) is 12.4 Å². The third-order valence-corrected chi connectivity index (χ3v) is 4.53. The smallest absolute Gasteiger partial charge is 0.265 e. The van der Waals surface area contributed by atoms with Crippen LogP contribution >= 0.6 is 11.3 Å². The molecule has 4 N–H and O–H groups in total. The van der Waals surface area contributed by atoms with Crippen molar-refractivity contribution in [2.45, 2.75) is 12.8 Å². The number of primary amides is 1. The van der Waals surface area contributed by atoms with Crippen LogP contribution in [0.25, 0.3) is 11.3 Å². The summed E-state index contributed by atoms with van der Waals surface area (Å²) in [6.07, 6.45) is 2.61. The fraction of sp³-hybridized carbons (Fsp3) is 0.167. The van der Waals surface area contributed by atoms with Crippen molar-refractivity contribution in [3.63, 3.8) is 0 Å². The molecule has 0 unspecified atom stereocenters. The number of ether oxygens (including phenoxy) is 1. The number of nitrogens with one attached hydrogen (secondary N) is 2. The number of hydrogen-bond acceptors (Lipinski definition) is 5. The molecule has 0 radical (unpaired) electrons. The van der Waals surface area contributed by atoms with Crippen molar-refractivity contribution < 1.29 is 14.3 Å². The Morgan fingerprint density at radius 2 is 2.19 bits per heavy atom. The molecule has 0 fully saturated rings. The zero-order valence-corrected chi connectivity index (χ0v) is 14.9. The minimum atomic E-state index is -0.530. The summed E-state index contributed by atoms with van der Waals surface area (Å²) in [6.45, 7) is 0. The van der Waals surface area contributed by atoms with E-state index in [9.17, 15) is 9.59 Å². The number of aryl methyl sites for hydroxylation is 1. The summed E-state index contributed by atoms with van der Waals surface area (Å²) >= 11 is 1.32. The second-order valence-corrected chi connectivity index (χ2v) is 6.46. The average molecular weight is 370 g/mol. The summed E-state index contributed by atoms with van der Waals surface area (Å²) in [5, 5.41) is 5.12. The maximum atomic E-state index is 12.1. The number of hydrogen-bond donors (Lipinski definition) is 3. The zero-order valence-electron chi connectivity index (χ0n) is 14.1. The molecule has 2 heterocycles. The third kappa shape index (κ3) is 4.28. The molecule has 0 saturated carbocycles. The standard InChI is InChI=1S/C18H18N4O3S/c1-25-13-4-2-3-11(7-13)5-6-16(23)22-18-21-15(10-26-18)12-8-14(17(19)24)20-9-12/h2-4,7-10,20H,5-6H2,1H3,(H2,19,24)(H,21,22,23). The predicted octanol–water partition coefficient (Wildman–Crippen LogP) is 2.82. The number of methoxy groups -OCH3 is 1. The summed E-state index contributed by atoms with van der Waals surface area (Å²) in [6, 6.07) is 9.27. The minimum absolute atomic E-state index is 0.111. The molecule has 0 aliphatic rings. The summed E-state index contributed by atoms with van der Waals surface area (Å²) in [5.74, 6) is 0.132. The van der Waals surface area contributed by atoms with Gasteiger partial charge in [0.25, 0.3) is 5.91 Å². The van der Waals surface area contributed by atoms with Crippen molar-refractivity contribution in [3.8, 4) is 17.0 Å². The Labute approximate surface area is 154 Å². The fourth-order valence-electron chi connectivity index (χ4n) is 2.42. The van der Waals surface area contributed by atoms with Crippen LogP contribution in [0.3, 0.4) is 0 Å². The quantitative estimate of drug-likeness (QED) is 0.594. The van der Waals surface area contributed by atoms with Gasteiger partial charge in [-0.2, -0.15) is 0 Å². The topological polar surface area (TPSA) is 110 Å². The van der Waals surface area contributed by atoms with E-state index in [0.29, 0.717) is 29.4 Å². The summed E-state index contributed by atoms with van der Waals surface area (Å²) in [4.78, 5) is 30.4. The van der Waals surface area contributed by atoms with Crippen LogP contribution in [0.4, 0.5) is 5.13 Å². The van der Waals surface area contributed by atoms with Gasteiger partial charge in [0.15, 0.2) is 5.13 Å². The Kier molecular flexibility index (Phi) is 5.33. The molecule has 1 aromatic carbocycles. The van der Waals surface area contributed by atoms with Crippen molar-refractivity contribution in [1.82, 2.24) is 9.97 Å². The summed E-state index contributed by atoms with van der Waals surface area (Å²) in [5.41, 5.74) is 7.98. The lowest BCUT2D eigenvalue weighted by molar-refractivity contribution is -0.116. The number of thiazole rings is 1. The number of anilines is 1. The summed E-state index contributed by atoms with van der Waals surface area (Å²) < 4.78 is 5.18. The minimum Gasteiger partial charge on any atom is -0.497 e. The average Bonchev–Trinajstić information content (AvgIpc) is 3.29. The highest BCUT2D eigenvalue weighted by molar-refractivity contribution is 7.14. The summed E-state index contributed by atoms with van der Waals surface area (Å²) in [7, 11) is 1.61. The number of aromatic nitrogens is 2. The highest BCUT2D eigenvalue weighted by Crippen LogP contribution is 2.25. The molecular weight excluding hydrogens is 352 g/mol. The van der Waals surface area contributed by atoms with Gasteiger partial charge in [-0.15, -0.1) is 11.3 Å². The van der Waals surface area contributed by atoms with Gasteiger partial charge in [0.2, 0.25) is 5.91 Å². The molecular formula is C18H18N4O3S. The Balaban J connectivity index is 1.57. The van der Waals surface area contributed by atoms with Gasteiger partial charge in [-0.05, 0) is 30.2 Å². The molecule has 0 saturated heterocycles. The lowest BCUT2D eigenvalue weighted by Gasteiger charge is -2.04. The van der Waals surface area contributed by atoms with Gasteiger partial charge in [0.1, 0.15) is 11.4 Å². The monoisotopic (exact) mass is 370 g/mol. The number of nitrogens with zero attached hydrogens (tertiary/aromatic N) is 1. The van der Waals surface area contributed by atoms with Gasteiger partial charge in [-0.25, -0.2) is 4.98 Å². The van der Waals surface area contributed by atoms with Crippen LogP contribution < -0.4 is 15.8 Å². The number of rotatable bonds is 7. The molecule has 2 amide bonds. The zero-order chi connectivity index (χ0) is 18.5. The molecule has 26 heavy (non-hydrogen) atoms. The maximum absolute atomic E-state index is 12.1. The van der Waals surface area contributed by atoms with Crippen LogP contribution in [0.5, 0.6) is 5.75 Å². The molecule has 7 nitrogen and oxygen atoms in total. The first kappa shape index (κ1) is 17.7. The van der Waals surface area contributed by atoms with Crippen LogP contribution in [0.15, 0.2) is 41.9 Å². The maximum Gasteiger partial charge on any atom is 0.265 e. The molecule has 0 spiro atoms. The number of H-pyrrole nitrogens is 1. The first-order valence-corrected chi connectivity index (χ1v) is 8.80. The number of carbonyl (C=O) groups is 2. The van der Waals surface area contributed by atoms with Gasteiger partial charge in [0.05, 0.1) is 12.8 Å². The normalized spacial score (nSPS) is 10.5. The van der Waals surface area contributed by atoms with E-state index in [1.54, 1.807) is 19.4 Å². The molecule has 2 aromatic heterocycles. The first-order valence-electron chi connectivity index (χ1n) is 7.92. The lowest BCUT2D eigenvalue weighted by atomic mass is 10.1. The van der Waals surface area contributed by atoms with Crippen LogP contribution in [0.2, 0.25) is 0 Å². The molecule has 0 aliphatic heterocycles. The predicted molar refractivity (Wildman–Crippen MR) is 100 cm³/mol. The first-order chi connectivity index (χ1) is 12.5. The highest BCUT2D eigenvalue weighted by atomic mass is 32.1. The van der Waals surface area contributed by atoms with Crippen molar-refractivity contribution >= 4 is 28.3 Å². The van der Waals surface area contributed by atoms with E-state index in [2.05, 4.69) is 15.3 Å². The van der Waals surface area contributed by atoms with E-state index in [1.165, 1.54) is 11.3 Å². The number of nitrogens with two attached hydrogens (primary N) is 1. The lowest BCUT2D eigenvalue weighted by Crippen LogP contribution is -2.12.